The molecule has 0 aliphatic carbocycles. The molecule has 80 valence electrons. The Labute approximate surface area is 84.6 Å². The van der Waals surface area contributed by atoms with Gasteiger partial charge in [-0.1, -0.05) is 27.7 Å². The molecule has 0 radical (unpaired) electrons. The molecule has 0 aromatic heterocycles. The lowest BCUT2D eigenvalue weighted by atomic mass is 9.96. The van der Waals surface area contributed by atoms with Gasteiger partial charge in [-0.05, 0) is 6.42 Å². The average Bonchev–Trinajstić information content (AvgIpc) is 2.34. The second-order valence-corrected chi connectivity index (χ2v) is 4.87. The molecule has 1 aliphatic rings. The van der Waals surface area contributed by atoms with E-state index in [2.05, 4.69) is 5.43 Å². The number of carbonyl (C=O) groups is 2. The second-order valence-electron chi connectivity index (χ2n) is 4.87. The Hall–Kier alpha value is -1.06. The van der Waals surface area contributed by atoms with E-state index in [1.807, 2.05) is 27.7 Å². The summed E-state index contributed by atoms with van der Waals surface area (Å²) in [6.45, 7) is 7.98. The van der Waals surface area contributed by atoms with Crippen molar-refractivity contribution in [2.45, 2.75) is 34.1 Å². The Morgan fingerprint density at radius 3 is 2.43 bits per heavy atom. The van der Waals surface area contributed by atoms with Gasteiger partial charge in [-0.25, -0.2) is 0 Å². The van der Waals surface area contributed by atoms with E-state index >= 15 is 0 Å². The third-order valence-electron chi connectivity index (χ3n) is 2.39. The van der Waals surface area contributed by atoms with E-state index < -0.39 is 5.41 Å². The summed E-state index contributed by atoms with van der Waals surface area (Å²) in [6, 6.07) is 0. The minimum absolute atomic E-state index is 0.0163. The Bertz CT molecular complexity index is 255. The van der Waals surface area contributed by atoms with Gasteiger partial charge in [0.2, 0.25) is 11.8 Å². The Kier molecular flexibility index (Phi) is 2.83. The van der Waals surface area contributed by atoms with E-state index in [-0.39, 0.29) is 17.7 Å². The fourth-order valence-corrected chi connectivity index (χ4v) is 1.22. The van der Waals surface area contributed by atoms with Crippen LogP contribution in [0, 0.1) is 11.3 Å². The fourth-order valence-electron chi connectivity index (χ4n) is 1.22. The summed E-state index contributed by atoms with van der Waals surface area (Å²) >= 11 is 0. The average molecular weight is 198 g/mol. The summed E-state index contributed by atoms with van der Waals surface area (Å²) in [5.41, 5.74) is 2.19. The number of nitrogens with one attached hydrogen (secondary N) is 1. The third kappa shape index (κ3) is 2.25. The highest BCUT2D eigenvalue weighted by Crippen LogP contribution is 2.17. The van der Waals surface area contributed by atoms with Crippen molar-refractivity contribution in [3.63, 3.8) is 0 Å². The predicted molar refractivity (Wildman–Crippen MR) is 53.1 cm³/mol. The van der Waals surface area contributed by atoms with Crippen molar-refractivity contribution >= 4 is 11.8 Å². The normalized spacial score (nSPS) is 22.7. The summed E-state index contributed by atoms with van der Waals surface area (Å²) in [7, 11) is 0. The topological polar surface area (TPSA) is 49.4 Å². The van der Waals surface area contributed by atoms with E-state index in [4.69, 9.17) is 0 Å². The molecule has 0 saturated carbocycles. The molecule has 0 aromatic rings. The summed E-state index contributed by atoms with van der Waals surface area (Å²) in [6.07, 6.45) is 0.823. The van der Waals surface area contributed by atoms with Crippen molar-refractivity contribution in [3.8, 4) is 0 Å². The summed E-state index contributed by atoms with van der Waals surface area (Å²) in [5, 5.41) is 1.43. The first-order valence-corrected chi connectivity index (χ1v) is 4.95. The maximum atomic E-state index is 11.6. The lowest BCUT2D eigenvalue weighted by Crippen LogP contribution is -2.48. The molecule has 1 N–H and O–H groups in total. The second kappa shape index (κ2) is 3.59. The monoisotopic (exact) mass is 198 g/mol. The van der Waals surface area contributed by atoms with Crippen LogP contribution in [0.3, 0.4) is 0 Å². The lowest BCUT2D eigenvalue weighted by Gasteiger charge is -2.23. The zero-order valence-electron chi connectivity index (χ0n) is 9.26. The molecule has 1 heterocycles. The molecule has 1 atom stereocenters. The van der Waals surface area contributed by atoms with Gasteiger partial charge >= 0.3 is 0 Å². The van der Waals surface area contributed by atoms with Crippen LogP contribution in [0.1, 0.15) is 34.1 Å². The highest BCUT2D eigenvalue weighted by molar-refractivity contribution is 5.86. The van der Waals surface area contributed by atoms with Crippen molar-refractivity contribution < 1.29 is 9.59 Å². The van der Waals surface area contributed by atoms with Crippen LogP contribution in [-0.2, 0) is 9.59 Å². The van der Waals surface area contributed by atoms with Crippen LogP contribution in [0.25, 0.3) is 0 Å². The molecule has 2 amide bonds. The number of hydrogen-bond donors (Lipinski definition) is 1. The highest BCUT2D eigenvalue weighted by Gasteiger charge is 2.31. The summed E-state index contributed by atoms with van der Waals surface area (Å²) in [4.78, 5) is 23.0. The van der Waals surface area contributed by atoms with Gasteiger partial charge in [0.25, 0.3) is 0 Å². The molecule has 14 heavy (non-hydrogen) atoms. The first-order valence-electron chi connectivity index (χ1n) is 4.95. The molecule has 0 aromatic carbocycles. The van der Waals surface area contributed by atoms with Gasteiger partial charge in [-0.15, -0.1) is 0 Å². The van der Waals surface area contributed by atoms with E-state index in [0.29, 0.717) is 6.54 Å². The predicted octanol–water partition coefficient (Wildman–Crippen LogP) is 0.932. The minimum Gasteiger partial charge on any atom is -0.273 e. The van der Waals surface area contributed by atoms with Crippen molar-refractivity contribution in [2.24, 2.45) is 11.3 Å². The molecular weight excluding hydrogens is 180 g/mol. The largest absolute Gasteiger partial charge is 0.273 e. The molecular formula is C10H18N2O2. The molecule has 1 saturated heterocycles. The molecule has 4 heteroatoms. The maximum absolute atomic E-state index is 11.6. The van der Waals surface area contributed by atoms with Gasteiger partial charge in [0.05, 0.1) is 0 Å². The Balaban J connectivity index is 2.54. The van der Waals surface area contributed by atoms with E-state index in [9.17, 15) is 9.59 Å². The molecule has 0 bridgehead atoms. The fraction of sp³-hybridized carbons (Fsp3) is 0.800. The summed E-state index contributed by atoms with van der Waals surface area (Å²) in [5.74, 6) is -0.0576. The number of hydrazine groups is 1. The SMILES string of the molecule is C[C@@H]1CCN(NC(=O)C(C)(C)C)C1=O. The number of nitrogens with zero attached hydrogens (tertiary/aromatic N) is 1. The number of amides is 2. The zero-order valence-corrected chi connectivity index (χ0v) is 9.26. The first kappa shape index (κ1) is 11.0. The number of hydrogen-bond acceptors (Lipinski definition) is 2. The quantitative estimate of drug-likeness (QED) is 0.681. The van der Waals surface area contributed by atoms with Crippen molar-refractivity contribution in [2.75, 3.05) is 6.54 Å². The maximum Gasteiger partial charge on any atom is 0.243 e. The Morgan fingerprint density at radius 2 is 2.07 bits per heavy atom. The first-order chi connectivity index (χ1) is 6.32. The third-order valence-corrected chi connectivity index (χ3v) is 2.39. The zero-order chi connectivity index (χ0) is 10.9. The molecule has 1 fully saturated rings. The minimum atomic E-state index is -0.452. The van der Waals surface area contributed by atoms with Crippen LogP contribution in [0.15, 0.2) is 0 Å². The molecule has 4 nitrogen and oxygen atoms in total. The molecule has 1 aliphatic heterocycles. The van der Waals surface area contributed by atoms with Gasteiger partial charge in [0, 0.05) is 17.9 Å². The van der Waals surface area contributed by atoms with Crippen molar-refractivity contribution in [1.29, 1.82) is 0 Å². The van der Waals surface area contributed by atoms with Gasteiger partial charge in [-0.2, -0.15) is 0 Å². The van der Waals surface area contributed by atoms with Gasteiger partial charge in [0.15, 0.2) is 0 Å². The van der Waals surface area contributed by atoms with Crippen molar-refractivity contribution in [3.05, 3.63) is 0 Å². The molecule has 1 rings (SSSR count). The smallest absolute Gasteiger partial charge is 0.243 e. The van der Waals surface area contributed by atoms with Crippen LogP contribution in [0.4, 0.5) is 0 Å². The van der Waals surface area contributed by atoms with Gasteiger partial charge in [0.1, 0.15) is 0 Å². The van der Waals surface area contributed by atoms with Crippen LogP contribution in [0.5, 0.6) is 0 Å². The lowest BCUT2D eigenvalue weighted by molar-refractivity contribution is -0.143. The number of rotatable bonds is 1. The van der Waals surface area contributed by atoms with E-state index in [0.717, 1.165) is 6.42 Å². The van der Waals surface area contributed by atoms with E-state index in [1.54, 1.807) is 0 Å². The van der Waals surface area contributed by atoms with Crippen molar-refractivity contribution in [1.82, 2.24) is 10.4 Å². The summed E-state index contributed by atoms with van der Waals surface area (Å²) < 4.78 is 0. The van der Waals surface area contributed by atoms with Gasteiger partial charge < -0.3 is 0 Å². The standard InChI is InChI=1S/C10H18N2O2/c1-7-5-6-12(8(7)13)11-9(14)10(2,3)4/h7H,5-6H2,1-4H3,(H,11,14)/t7-/m1/s1. The van der Waals surface area contributed by atoms with Crippen LogP contribution in [0.2, 0.25) is 0 Å². The van der Waals surface area contributed by atoms with Crippen LogP contribution in [-0.4, -0.2) is 23.4 Å². The Morgan fingerprint density at radius 1 is 1.50 bits per heavy atom. The van der Waals surface area contributed by atoms with Crippen LogP contribution < -0.4 is 5.43 Å². The molecule has 0 unspecified atom stereocenters. The van der Waals surface area contributed by atoms with Crippen LogP contribution >= 0.6 is 0 Å². The number of carbonyl (C=O) groups excluding carboxylic acids is 2. The van der Waals surface area contributed by atoms with E-state index in [1.165, 1.54) is 5.01 Å². The molecule has 0 spiro atoms. The van der Waals surface area contributed by atoms with Gasteiger partial charge in [-0.3, -0.25) is 20.0 Å². The highest BCUT2D eigenvalue weighted by atomic mass is 16.2.